The fourth-order valence-corrected chi connectivity index (χ4v) is 8.30. The molecule has 0 radical (unpaired) electrons. The molecule has 0 spiro atoms. The summed E-state index contributed by atoms with van der Waals surface area (Å²) >= 11 is 0. The number of fused-ring (bicyclic) bond motifs is 3. The number of morpholine rings is 1. The Morgan fingerprint density at radius 1 is 0.804 bits per heavy atom. The molecule has 10 heteroatoms. The number of rotatable bonds is 9. The van der Waals surface area contributed by atoms with Gasteiger partial charge in [-0.2, -0.15) is 0 Å². The standard InChI is InChI=1S/C46H45N5O4.ClH/c1-48(37-14-16-39(17-15-37)55-31-32-9-3-2-4-10-32)45(52)42-26-44(50-18-8-7-13-43(42)50)40-24-35-27-47-28-36(35)25-41(40)46(53)51-29-34-12-6-5-11-33(34)23-38(51)30-49-19-21-54-22-20-49;/h2-18,24-26,38,47H,19-23,27-31H2,1H3;1H/t38-;/m0./s1. The predicted octanol–water partition coefficient (Wildman–Crippen LogP) is 7.39. The number of halogens is 1. The van der Waals surface area contributed by atoms with E-state index in [1.807, 2.05) is 85.1 Å². The second-order valence-electron chi connectivity index (χ2n) is 14.8. The monoisotopic (exact) mass is 767 g/mol. The third kappa shape index (κ3) is 7.43. The molecular weight excluding hydrogens is 722 g/mol. The molecule has 1 fully saturated rings. The van der Waals surface area contributed by atoms with Gasteiger partial charge < -0.3 is 29.0 Å². The maximum absolute atomic E-state index is 15.1. The van der Waals surface area contributed by atoms with Gasteiger partial charge in [0, 0.05) is 75.4 Å². The maximum atomic E-state index is 15.1. The number of benzene rings is 4. The Kier molecular flexibility index (Phi) is 10.9. The average molecular weight is 768 g/mol. The second-order valence-corrected chi connectivity index (χ2v) is 14.8. The van der Waals surface area contributed by atoms with E-state index in [2.05, 4.69) is 55.9 Å². The lowest BCUT2D eigenvalue weighted by atomic mass is 9.91. The first-order valence-electron chi connectivity index (χ1n) is 19.2. The number of nitrogens with zero attached hydrogens (tertiary/aromatic N) is 4. The predicted molar refractivity (Wildman–Crippen MR) is 222 cm³/mol. The molecule has 286 valence electrons. The highest BCUT2D eigenvalue weighted by Crippen LogP contribution is 2.36. The molecule has 1 N–H and O–H groups in total. The summed E-state index contributed by atoms with van der Waals surface area (Å²) in [5, 5.41) is 3.48. The number of nitrogens with one attached hydrogen (secondary N) is 1. The maximum Gasteiger partial charge on any atom is 0.260 e. The summed E-state index contributed by atoms with van der Waals surface area (Å²) in [6.07, 6.45) is 2.79. The van der Waals surface area contributed by atoms with Crippen LogP contribution in [0.25, 0.3) is 16.8 Å². The summed E-state index contributed by atoms with van der Waals surface area (Å²) in [7, 11) is 1.80. The number of amides is 2. The number of hydrogen-bond donors (Lipinski definition) is 1. The summed E-state index contributed by atoms with van der Waals surface area (Å²) in [6.45, 7) is 6.43. The molecular formula is C46H46ClN5O4. The van der Waals surface area contributed by atoms with Crippen molar-refractivity contribution in [3.63, 3.8) is 0 Å². The van der Waals surface area contributed by atoms with Gasteiger partial charge in [0.05, 0.1) is 30.0 Å². The highest BCUT2D eigenvalue weighted by Gasteiger charge is 2.34. The zero-order chi connectivity index (χ0) is 37.3. The summed E-state index contributed by atoms with van der Waals surface area (Å²) < 4.78 is 13.7. The van der Waals surface area contributed by atoms with Gasteiger partial charge in [-0.1, -0.05) is 60.7 Å². The van der Waals surface area contributed by atoms with E-state index < -0.39 is 0 Å². The molecule has 0 unspecified atom stereocenters. The Morgan fingerprint density at radius 2 is 1.52 bits per heavy atom. The Hall–Kier alpha value is -5.45. The molecule has 1 saturated heterocycles. The Balaban J connectivity index is 0.00000441. The molecule has 5 heterocycles. The minimum absolute atomic E-state index is 0. The molecule has 6 aromatic rings. The van der Waals surface area contributed by atoms with Crippen molar-refractivity contribution < 1.29 is 19.1 Å². The van der Waals surface area contributed by atoms with Crippen molar-refractivity contribution >= 4 is 35.4 Å². The number of aromatic nitrogens is 1. The summed E-state index contributed by atoms with van der Waals surface area (Å²) in [5.74, 6) is 0.613. The van der Waals surface area contributed by atoms with Crippen molar-refractivity contribution in [2.75, 3.05) is 44.8 Å². The highest BCUT2D eigenvalue weighted by molar-refractivity contribution is 6.12. The Morgan fingerprint density at radius 3 is 2.30 bits per heavy atom. The van der Waals surface area contributed by atoms with Gasteiger partial charge in [0.1, 0.15) is 12.4 Å². The Labute approximate surface area is 333 Å². The second kappa shape index (κ2) is 16.3. The van der Waals surface area contributed by atoms with E-state index in [-0.39, 0.29) is 30.3 Å². The van der Waals surface area contributed by atoms with E-state index in [4.69, 9.17) is 9.47 Å². The number of carbonyl (C=O) groups excluding carboxylic acids is 2. The van der Waals surface area contributed by atoms with Crippen molar-refractivity contribution in [1.29, 1.82) is 0 Å². The Bertz CT molecular complexity index is 2360. The fraction of sp³-hybridized carbons (Fsp3) is 0.261. The van der Waals surface area contributed by atoms with Gasteiger partial charge in [-0.3, -0.25) is 14.5 Å². The molecule has 3 aliphatic rings. The van der Waals surface area contributed by atoms with Crippen LogP contribution in [0.15, 0.2) is 121 Å². The lowest BCUT2D eigenvalue weighted by molar-refractivity contribution is 0.0193. The largest absolute Gasteiger partial charge is 0.489 e. The van der Waals surface area contributed by atoms with Crippen LogP contribution in [-0.4, -0.2) is 72.0 Å². The fourth-order valence-electron chi connectivity index (χ4n) is 8.30. The zero-order valence-electron chi connectivity index (χ0n) is 31.5. The van der Waals surface area contributed by atoms with Crippen LogP contribution in [0.2, 0.25) is 0 Å². The lowest BCUT2D eigenvalue weighted by Crippen LogP contribution is -2.52. The normalized spacial score (nSPS) is 16.5. The molecule has 9 nitrogen and oxygen atoms in total. The van der Waals surface area contributed by atoms with Gasteiger partial charge in [-0.25, -0.2) is 0 Å². The number of pyridine rings is 1. The van der Waals surface area contributed by atoms with E-state index in [9.17, 15) is 4.79 Å². The first-order valence-corrected chi connectivity index (χ1v) is 19.2. The smallest absolute Gasteiger partial charge is 0.260 e. The van der Waals surface area contributed by atoms with Gasteiger partial charge in [0.2, 0.25) is 0 Å². The molecule has 0 saturated carbocycles. The first-order chi connectivity index (χ1) is 27.0. The zero-order valence-corrected chi connectivity index (χ0v) is 32.3. The van der Waals surface area contributed by atoms with Crippen LogP contribution in [0.1, 0.15) is 48.5 Å². The third-order valence-corrected chi connectivity index (χ3v) is 11.3. The number of ether oxygens (including phenoxy) is 2. The minimum Gasteiger partial charge on any atom is -0.489 e. The van der Waals surface area contributed by atoms with Crippen molar-refractivity contribution in [1.82, 2.24) is 19.5 Å². The summed E-state index contributed by atoms with van der Waals surface area (Å²) in [5.41, 5.74) is 10.3. The van der Waals surface area contributed by atoms with Crippen LogP contribution in [0.5, 0.6) is 5.75 Å². The van der Waals surface area contributed by atoms with Gasteiger partial charge in [-0.15, -0.1) is 12.4 Å². The van der Waals surface area contributed by atoms with Crippen molar-refractivity contribution in [2.45, 2.75) is 38.7 Å². The third-order valence-electron chi connectivity index (χ3n) is 11.3. The van der Waals surface area contributed by atoms with Crippen LogP contribution in [0.3, 0.4) is 0 Å². The van der Waals surface area contributed by atoms with Crippen LogP contribution in [-0.2, 0) is 37.4 Å². The van der Waals surface area contributed by atoms with E-state index in [1.165, 1.54) is 16.7 Å². The van der Waals surface area contributed by atoms with Crippen molar-refractivity contribution in [2.24, 2.45) is 0 Å². The van der Waals surface area contributed by atoms with E-state index in [0.717, 1.165) is 78.5 Å². The van der Waals surface area contributed by atoms with Gasteiger partial charge in [0.15, 0.2) is 0 Å². The highest BCUT2D eigenvalue weighted by atomic mass is 35.5. The van der Waals surface area contributed by atoms with E-state index in [0.29, 0.717) is 37.5 Å². The average Bonchev–Trinajstić information content (AvgIpc) is 3.87. The van der Waals surface area contributed by atoms with Crippen LogP contribution >= 0.6 is 12.4 Å². The molecule has 3 aliphatic heterocycles. The van der Waals surface area contributed by atoms with Crippen molar-refractivity contribution in [3.8, 4) is 17.0 Å². The van der Waals surface area contributed by atoms with Crippen LogP contribution in [0, 0.1) is 0 Å². The van der Waals surface area contributed by atoms with Gasteiger partial charge in [0.25, 0.3) is 11.8 Å². The minimum atomic E-state index is -0.137. The molecule has 9 rings (SSSR count). The molecule has 4 aromatic carbocycles. The topological polar surface area (TPSA) is 78.8 Å². The molecule has 1 atom stereocenters. The van der Waals surface area contributed by atoms with Crippen LogP contribution < -0.4 is 15.0 Å². The molecule has 56 heavy (non-hydrogen) atoms. The lowest BCUT2D eigenvalue weighted by Gasteiger charge is -2.40. The van der Waals surface area contributed by atoms with Gasteiger partial charge in [-0.05, 0) is 88.8 Å². The molecule has 2 amide bonds. The number of hydrogen-bond acceptors (Lipinski definition) is 6. The van der Waals surface area contributed by atoms with Crippen molar-refractivity contribution in [3.05, 3.63) is 160 Å². The number of carbonyl (C=O) groups is 2. The SMILES string of the molecule is CN(C(=O)c1cc(-c2cc3c(cc2C(=O)N2Cc4ccccc4C[C@H]2CN2CCOCC2)CNC3)n2ccccc12)c1ccc(OCc2ccccc2)cc1.Cl. The van der Waals surface area contributed by atoms with Crippen LogP contribution in [0.4, 0.5) is 5.69 Å². The molecule has 0 aliphatic carbocycles. The molecule has 2 aromatic heterocycles. The van der Waals surface area contributed by atoms with Gasteiger partial charge >= 0.3 is 0 Å². The quantitative estimate of drug-likeness (QED) is 0.166. The number of anilines is 1. The van der Waals surface area contributed by atoms with E-state index in [1.54, 1.807) is 11.9 Å². The van der Waals surface area contributed by atoms with E-state index >= 15 is 4.79 Å². The molecule has 0 bridgehead atoms. The summed E-state index contributed by atoms with van der Waals surface area (Å²) in [6, 6.07) is 38.3. The first kappa shape index (κ1) is 37.5. The summed E-state index contributed by atoms with van der Waals surface area (Å²) in [4.78, 5) is 35.7.